The van der Waals surface area contributed by atoms with E-state index in [1.54, 1.807) is 31.2 Å². The largest absolute Gasteiger partial charge is 0.487 e. The number of hydrogen-bond donors (Lipinski definition) is 1. The summed E-state index contributed by atoms with van der Waals surface area (Å²) in [5.41, 5.74) is 0.925. The smallest absolute Gasteiger partial charge is 0.275 e. The Morgan fingerprint density at radius 3 is 2.86 bits per heavy atom. The van der Waals surface area contributed by atoms with Crippen LogP contribution in [0.15, 0.2) is 59.4 Å². The highest BCUT2D eigenvalue weighted by molar-refractivity contribution is 7.16. The molecule has 0 bridgehead atoms. The minimum atomic E-state index is -0.480. The van der Waals surface area contributed by atoms with E-state index >= 15 is 0 Å². The molecule has 2 heterocycles. The molecular weight excluding hydrogens is 395 g/mol. The summed E-state index contributed by atoms with van der Waals surface area (Å²) in [6, 6.07) is 13.6. The Balaban J connectivity index is 1.46. The molecule has 0 atom stereocenters. The first-order valence-electron chi connectivity index (χ1n) is 8.64. The van der Waals surface area contributed by atoms with Gasteiger partial charge in [0.25, 0.3) is 11.5 Å². The summed E-state index contributed by atoms with van der Waals surface area (Å²) in [5.74, 6) is -0.418. The number of nitrogens with one attached hydrogen (secondary N) is 1. The predicted molar refractivity (Wildman–Crippen MR) is 107 cm³/mol. The van der Waals surface area contributed by atoms with Crippen molar-refractivity contribution >= 4 is 27.9 Å². The maximum Gasteiger partial charge on any atom is 0.275 e. The summed E-state index contributed by atoms with van der Waals surface area (Å²) < 4.78 is 20.3. The van der Waals surface area contributed by atoms with Crippen LogP contribution < -0.4 is 15.6 Å². The van der Waals surface area contributed by atoms with Crippen molar-refractivity contribution in [3.05, 3.63) is 87.0 Å². The van der Waals surface area contributed by atoms with Crippen LogP contribution in [0.1, 0.15) is 21.1 Å². The van der Waals surface area contributed by atoms with Gasteiger partial charge >= 0.3 is 0 Å². The number of amides is 1. The van der Waals surface area contributed by atoms with Crippen molar-refractivity contribution in [2.24, 2.45) is 0 Å². The van der Waals surface area contributed by atoms with Crippen molar-refractivity contribution < 1.29 is 13.9 Å². The number of benzene rings is 2. The van der Waals surface area contributed by atoms with E-state index in [1.807, 2.05) is 0 Å². The lowest BCUT2D eigenvalue weighted by molar-refractivity contribution is 0.102. The summed E-state index contributed by atoms with van der Waals surface area (Å²) in [4.78, 5) is 29.2. The van der Waals surface area contributed by atoms with Gasteiger partial charge in [0, 0.05) is 23.4 Å². The van der Waals surface area contributed by atoms with Crippen LogP contribution in [0.5, 0.6) is 5.75 Å². The minimum absolute atomic E-state index is 0.0873. The van der Waals surface area contributed by atoms with Gasteiger partial charge in [-0.3, -0.25) is 9.59 Å². The zero-order valence-electron chi connectivity index (χ0n) is 15.3. The van der Waals surface area contributed by atoms with Crippen LogP contribution in [0.25, 0.3) is 4.96 Å². The summed E-state index contributed by atoms with van der Waals surface area (Å²) >= 11 is 1.32. The molecule has 0 fully saturated rings. The predicted octanol–water partition coefficient (Wildman–Crippen LogP) is 3.43. The van der Waals surface area contributed by atoms with E-state index in [4.69, 9.17) is 4.74 Å². The van der Waals surface area contributed by atoms with Crippen LogP contribution in [-0.4, -0.2) is 20.5 Å². The van der Waals surface area contributed by atoms with Crippen LogP contribution in [-0.2, 0) is 6.61 Å². The van der Waals surface area contributed by atoms with Crippen molar-refractivity contribution in [2.75, 3.05) is 5.32 Å². The molecule has 9 heteroatoms. The number of nitrogens with zero attached hydrogens (tertiary/aromatic N) is 3. The van der Waals surface area contributed by atoms with Crippen molar-refractivity contribution in [1.29, 1.82) is 0 Å². The maximum atomic E-state index is 13.3. The lowest BCUT2D eigenvalue weighted by Crippen LogP contribution is -2.16. The van der Waals surface area contributed by atoms with E-state index in [0.29, 0.717) is 22.1 Å². The number of aryl methyl sites for hydroxylation is 1. The molecule has 0 aliphatic heterocycles. The number of hydrogen-bond acceptors (Lipinski definition) is 6. The fourth-order valence-electron chi connectivity index (χ4n) is 2.68. The summed E-state index contributed by atoms with van der Waals surface area (Å²) in [7, 11) is 0. The fraction of sp³-hybridized carbons (Fsp3) is 0.100. The molecular formula is C20H15FN4O3S. The summed E-state index contributed by atoms with van der Waals surface area (Å²) in [5, 5.41) is 7.54. The summed E-state index contributed by atoms with van der Waals surface area (Å²) in [6.07, 6.45) is 0. The first kappa shape index (κ1) is 18.8. The standard InChI is InChI=1S/C20H15FN4O3S/c1-12-24-25-18(26)10-16(23-20(25)29-12)11-28-17-7-3-6-15(9-17)22-19(27)13-4-2-5-14(21)8-13/h2-10H,11H2,1H3,(H,22,27). The van der Waals surface area contributed by atoms with Crippen LogP contribution in [0.3, 0.4) is 0 Å². The van der Waals surface area contributed by atoms with E-state index in [2.05, 4.69) is 15.4 Å². The molecule has 4 aromatic rings. The Labute approximate surface area is 168 Å². The Morgan fingerprint density at radius 1 is 1.21 bits per heavy atom. The van der Waals surface area contributed by atoms with Gasteiger partial charge in [0.15, 0.2) is 0 Å². The number of aromatic nitrogens is 3. The van der Waals surface area contributed by atoms with Crippen LogP contribution in [0.4, 0.5) is 10.1 Å². The second kappa shape index (κ2) is 7.80. The third-order valence-corrected chi connectivity index (χ3v) is 4.79. The molecule has 2 aromatic heterocycles. The quantitative estimate of drug-likeness (QED) is 0.545. The molecule has 1 amide bonds. The third-order valence-electron chi connectivity index (χ3n) is 3.96. The lowest BCUT2D eigenvalue weighted by atomic mass is 10.2. The number of fused-ring (bicyclic) bond motifs is 1. The van der Waals surface area contributed by atoms with Crippen molar-refractivity contribution in [3.8, 4) is 5.75 Å². The van der Waals surface area contributed by atoms with Crippen LogP contribution in [0, 0.1) is 12.7 Å². The van der Waals surface area contributed by atoms with E-state index in [-0.39, 0.29) is 17.7 Å². The van der Waals surface area contributed by atoms with Crippen molar-refractivity contribution in [2.45, 2.75) is 13.5 Å². The monoisotopic (exact) mass is 410 g/mol. The van der Waals surface area contributed by atoms with E-state index in [1.165, 1.54) is 40.1 Å². The number of ether oxygens (including phenoxy) is 1. The molecule has 0 saturated heterocycles. The molecule has 0 aliphatic carbocycles. The zero-order chi connectivity index (χ0) is 20.4. The van der Waals surface area contributed by atoms with E-state index in [9.17, 15) is 14.0 Å². The molecule has 0 unspecified atom stereocenters. The topological polar surface area (TPSA) is 85.6 Å². The SMILES string of the molecule is Cc1nn2c(=O)cc(COc3cccc(NC(=O)c4cccc(F)c4)c3)nc2s1. The Morgan fingerprint density at radius 2 is 2.03 bits per heavy atom. The normalized spacial score (nSPS) is 10.8. The van der Waals surface area contributed by atoms with Gasteiger partial charge in [-0.25, -0.2) is 9.37 Å². The van der Waals surface area contributed by atoms with Gasteiger partial charge in [0.05, 0.1) is 5.69 Å². The molecule has 29 heavy (non-hydrogen) atoms. The second-order valence-corrected chi connectivity index (χ2v) is 7.34. The lowest BCUT2D eigenvalue weighted by Gasteiger charge is -2.09. The molecule has 146 valence electrons. The average Bonchev–Trinajstić information content (AvgIpc) is 3.07. The van der Waals surface area contributed by atoms with Gasteiger partial charge in [-0.2, -0.15) is 9.61 Å². The number of anilines is 1. The van der Waals surface area contributed by atoms with E-state index < -0.39 is 11.7 Å². The average molecular weight is 410 g/mol. The van der Waals surface area contributed by atoms with Crippen LogP contribution in [0.2, 0.25) is 0 Å². The number of carbonyl (C=O) groups excluding carboxylic acids is 1. The highest BCUT2D eigenvalue weighted by Crippen LogP contribution is 2.19. The van der Waals surface area contributed by atoms with E-state index in [0.717, 1.165) is 11.1 Å². The Hall–Kier alpha value is -3.59. The first-order valence-corrected chi connectivity index (χ1v) is 9.46. The molecule has 2 aromatic carbocycles. The molecule has 0 aliphatic rings. The van der Waals surface area contributed by atoms with Gasteiger partial charge in [0.1, 0.15) is 23.2 Å². The molecule has 4 rings (SSSR count). The van der Waals surface area contributed by atoms with Gasteiger partial charge in [-0.1, -0.05) is 23.5 Å². The number of halogens is 1. The fourth-order valence-corrected chi connectivity index (χ4v) is 3.45. The second-order valence-electron chi connectivity index (χ2n) is 6.18. The van der Waals surface area contributed by atoms with Crippen molar-refractivity contribution in [1.82, 2.24) is 14.6 Å². The van der Waals surface area contributed by atoms with Gasteiger partial charge in [-0.05, 0) is 37.3 Å². The Kier molecular flexibility index (Phi) is 5.05. The molecule has 0 radical (unpaired) electrons. The third kappa shape index (κ3) is 4.30. The summed E-state index contributed by atoms with van der Waals surface area (Å²) in [6.45, 7) is 1.89. The zero-order valence-corrected chi connectivity index (χ0v) is 16.1. The number of carbonyl (C=O) groups is 1. The highest BCUT2D eigenvalue weighted by Gasteiger charge is 2.09. The molecule has 0 spiro atoms. The minimum Gasteiger partial charge on any atom is -0.487 e. The number of rotatable bonds is 5. The first-order chi connectivity index (χ1) is 14.0. The van der Waals surface area contributed by atoms with Gasteiger partial charge in [0.2, 0.25) is 4.96 Å². The van der Waals surface area contributed by atoms with Crippen LogP contribution >= 0.6 is 11.3 Å². The molecule has 0 saturated carbocycles. The Bertz CT molecular complexity index is 1270. The maximum absolute atomic E-state index is 13.3. The van der Waals surface area contributed by atoms with Crippen molar-refractivity contribution in [3.63, 3.8) is 0 Å². The highest BCUT2D eigenvalue weighted by atomic mass is 32.1. The van der Waals surface area contributed by atoms with Gasteiger partial charge < -0.3 is 10.1 Å². The van der Waals surface area contributed by atoms with Gasteiger partial charge in [-0.15, -0.1) is 0 Å². The molecule has 7 nitrogen and oxygen atoms in total. The molecule has 1 N–H and O–H groups in total.